The summed E-state index contributed by atoms with van der Waals surface area (Å²) in [7, 11) is 4.50. The fourth-order valence-electron chi connectivity index (χ4n) is 5.47. The van der Waals surface area contributed by atoms with E-state index in [1.165, 1.54) is 14.2 Å². The van der Waals surface area contributed by atoms with Gasteiger partial charge in [0.1, 0.15) is 23.0 Å². The van der Waals surface area contributed by atoms with Crippen LogP contribution in [0.1, 0.15) is 40.7 Å². The number of rotatable bonds is 8. The molecule has 3 aromatic carbocycles. The van der Waals surface area contributed by atoms with Gasteiger partial charge in [-0.05, 0) is 47.7 Å². The van der Waals surface area contributed by atoms with E-state index < -0.39 is 12.0 Å². The summed E-state index contributed by atoms with van der Waals surface area (Å²) in [5.74, 6) is 1.60. The van der Waals surface area contributed by atoms with E-state index in [2.05, 4.69) is 0 Å². The molecule has 202 valence electrons. The molecule has 1 heterocycles. The number of aliphatic hydroxyl groups is 2. The van der Waals surface area contributed by atoms with Gasteiger partial charge >= 0.3 is 0 Å². The molecule has 2 unspecified atom stereocenters. The van der Waals surface area contributed by atoms with Crippen molar-refractivity contribution in [1.29, 1.82) is 0 Å². The van der Waals surface area contributed by atoms with Crippen LogP contribution in [0.5, 0.6) is 40.2 Å². The lowest BCUT2D eigenvalue weighted by molar-refractivity contribution is 0.0875. The summed E-state index contributed by atoms with van der Waals surface area (Å²) in [4.78, 5) is 0. The highest BCUT2D eigenvalue weighted by atomic mass is 16.5. The highest BCUT2D eigenvalue weighted by Gasteiger charge is 2.37. The molecule has 0 fully saturated rings. The molecule has 38 heavy (non-hydrogen) atoms. The van der Waals surface area contributed by atoms with Gasteiger partial charge in [0.2, 0.25) is 5.75 Å². The minimum atomic E-state index is -0.945. The van der Waals surface area contributed by atoms with Gasteiger partial charge in [-0.25, -0.2) is 0 Å². The van der Waals surface area contributed by atoms with Crippen LogP contribution in [0.25, 0.3) is 11.1 Å². The van der Waals surface area contributed by atoms with Crippen molar-refractivity contribution in [3.05, 3.63) is 52.6 Å². The number of benzene rings is 3. The fraction of sp³-hybridized carbons (Fsp3) is 0.379. The van der Waals surface area contributed by atoms with E-state index in [9.17, 15) is 15.3 Å². The first kappa shape index (κ1) is 25.8. The highest BCUT2D eigenvalue weighted by molar-refractivity contribution is 5.84. The van der Waals surface area contributed by atoms with E-state index in [4.69, 9.17) is 28.8 Å². The average Bonchev–Trinajstić information content (AvgIpc) is 2.92. The predicted octanol–water partition coefficient (Wildman–Crippen LogP) is 3.86. The quantitative estimate of drug-likeness (QED) is 0.325. The first-order valence-electron chi connectivity index (χ1n) is 12.5. The summed E-state index contributed by atoms with van der Waals surface area (Å²) in [6, 6.07) is 8.57. The smallest absolute Gasteiger partial charge is 0.200 e. The van der Waals surface area contributed by atoms with E-state index in [-0.39, 0.29) is 36.2 Å². The minimum Gasteiger partial charge on any atom is -0.507 e. The normalized spacial score (nSPS) is 17.5. The van der Waals surface area contributed by atoms with E-state index in [0.717, 1.165) is 16.7 Å². The van der Waals surface area contributed by atoms with Crippen molar-refractivity contribution in [1.82, 2.24) is 0 Å². The van der Waals surface area contributed by atoms with Crippen LogP contribution in [-0.2, 0) is 12.8 Å². The summed E-state index contributed by atoms with van der Waals surface area (Å²) in [6.45, 7) is 0.529. The lowest BCUT2D eigenvalue weighted by atomic mass is 9.77. The fourth-order valence-corrected chi connectivity index (χ4v) is 5.47. The number of phenols is 2. The Hall–Kier alpha value is -3.82. The number of aliphatic hydroxyl groups excluding tert-OH is 2. The van der Waals surface area contributed by atoms with Crippen LogP contribution in [-0.4, -0.2) is 61.6 Å². The molecule has 1 aliphatic heterocycles. The Morgan fingerprint density at radius 2 is 1.58 bits per heavy atom. The summed E-state index contributed by atoms with van der Waals surface area (Å²) in [5, 5.41) is 42.3. The zero-order valence-electron chi connectivity index (χ0n) is 21.6. The Labute approximate surface area is 220 Å². The third-order valence-corrected chi connectivity index (χ3v) is 7.31. The third-order valence-electron chi connectivity index (χ3n) is 7.31. The number of methoxy groups -OCH3 is 3. The molecule has 2 atom stereocenters. The first-order chi connectivity index (χ1) is 18.4. The molecule has 0 spiro atoms. The Morgan fingerprint density at radius 3 is 2.24 bits per heavy atom. The monoisotopic (exact) mass is 524 g/mol. The average molecular weight is 525 g/mol. The van der Waals surface area contributed by atoms with Crippen LogP contribution in [0.3, 0.4) is 0 Å². The second-order valence-corrected chi connectivity index (χ2v) is 9.37. The molecule has 4 N–H and O–H groups in total. The Balaban J connectivity index is 1.61. The molecule has 2 aliphatic rings. The number of ether oxygens (including phenoxy) is 5. The molecule has 5 rings (SSSR count). The Bertz CT molecular complexity index is 1330. The standard InChI is InChI=1S/C29H32O9/c1-34-22-12-16(37-8-4-7-30)11-19-17(22)5-6-18-26(19)21(31)13-23-27(18)28(32)20(14-38-23)15-9-24(35-2)29(33)25(10-15)36-3/h9-13,20,28,30-33H,4-8,14H2,1-3H3. The predicted molar refractivity (Wildman–Crippen MR) is 139 cm³/mol. The Morgan fingerprint density at radius 1 is 0.895 bits per heavy atom. The number of phenolic OH excluding ortho intramolecular Hbond substituents is 2. The molecule has 0 radical (unpaired) electrons. The van der Waals surface area contributed by atoms with Gasteiger partial charge in [0.15, 0.2) is 11.5 Å². The zero-order chi connectivity index (χ0) is 27.0. The summed E-state index contributed by atoms with van der Waals surface area (Å²) in [6.07, 6.45) is 0.748. The summed E-state index contributed by atoms with van der Waals surface area (Å²) in [5.41, 5.74) is 4.44. The molecule has 0 aromatic heterocycles. The van der Waals surface area contributed by atoms with Gasteiger partial charge in [-0.1, -0.05) is 0 Å². The van der Waals surface area contributed by atoms with Crippen LogP contribution in [0.4, 0.5) is 0 Å². The molecule has 0 saturated carbocycles. The van der Waals surface area contributed by atoms with E-state index in [1.54, 1.807) is 25.3 Å². The molecule has 0 amide bonds. The van der Waals surface area contributed by atoms with E-state index in [1.807, 2.05) is 12.1 Å². The van der Waals surface area contributed by atoms with Crippen molar-refractivity contribution in [2.75, 3.05) is 41.2 Å². The summed E-state index contributed by atoms with van der Waals surface area (Å²) < 4.78 is 28.2. The molecule has 0 bridgehead atoms. The van der Waals surface area contributed by atoms with E-state index >= 15 is 0 Å². The zero-order valence-corrected chi connectivity index (χ0v) is 21.6. The molecular formula is C29H32O9. The summed E-state index contributed by atoms with van der Waals surface area (Å²) >= 11 is 0. The second-order valence-electron chi connectivity index (χ2n) is 9.37. The van der Waals surface area contributed by atoms with Crippen molar-refractivity contribution in [3.8, 4) is 51.4 Å². The maximum Gasteiger partial charge on any atom is 0.200 e. The molecule has 9 nitrogen and oxygen atoms in total. The van der Waals surface area contributed by atoms with Crippen LogP contribution < -0.4 is 23.7 Å². The van der Waals surface area contributed by atoms with Crippen molar-refractivity contribution in [2.24, 2.45) is 0 Å². The number of aromatic hydroxyl groups is 2. The van der Waals surface area contributed by atoms with Gasteiger partial charge in [0.25, 0.3) is 0 Å². The van der Waals surface area contributed by atoms with Gasteiger partial charge < -0.3 is 44.1 Å². The maximum absolute atomic E-state index is 11.7. The van der Waals surface area contributed by atoms with Gasteiger partial charge in [0.05, 0.1) is 40.6 Å². The first-order valence-corrected chi connectivity index (χ1v) is 12.5. The van der Waals surface area contributed by atoms with E-state index in [0.29, 0.717) is 59.8 Å². The number of hydrogen-bond donors (Lipinski definition) is 4. The molecule has 9 heteroatoms. The number of fused-ring (bicyclic) bond motifs is 5. The van der Waals surface area contributed by atoms with Crippen LogP contribution in [0.2, 0.25) is 0 Å². The van der Waals surface area contributed by atoms with Crippen LogP contribution in [0.15, 0.2) is 30.3 Å². The maximum atomic E-state index is 11.7. The van der Waals surface area contributed by atoms with Crippen molar-refractivity contribution in [3.63, 3.8) is 0 Å². The van der Waals surface area contributed by atoms with Gasteiger partial charge in [0, 0.05) is 47.8 Å². The molecular weight excluding hydrogens is 492 g/mol. The van der Waals surface area contributed by atoms with Crippen molar-refractivity contribution < 1.29 is 44.1 Å². The molecule has 0 saturated heterocycles. The van der Waals surface area contributed by atoms with Crippen LogP contribution >= 0.6 is 0 Å². The largest absolute Gasteiger partial charge is 0.507 e. The number of hydrogen-bond acceptors (Lipinski definition) is 9. The lowest BCUT2D eigenvalue weighted by Gasteiger charge is -2.35. The third kappa shape index (κ3) is 4.31. The van der Waals surface area contributed by atoms with Gasteiger partial charge in [-0.15, -0.1) is 0 Å². The van der Waals surface area contributed by atoms with Crippen molar-refractivity contribution in [2.45, 2.75) is 31.3 Å². The molecule has 3 aromatic rings. The van der Waals surface area contributed by atoms with Gasteiger partial charge in [-0.2, -0.15) is 0 Å². The highest BCUT2D eigenvalue weighted by Crippen LogP contribution is 2.53. The topological polar surface area (TPSA) is 127 Å². The molecule has 1 aliphatic carbocycles. The Kier molecular flexibility index (Phi) is 7.14. The SMILES string of the molecule is COc1cc(C2COc3cc(O)c4c(c3C2O)CCc2c(OC)cc(OCCCO)cc2-4)cc(OC)c1O. The lowest BCUT2D eigenvalue weighted by Crippen LogP contribution is -2.26. The minimum absolute atomic E-state index is 0.0235. The van der Waals surface area contributed by atoms with Crippen LogP contribution in [0, 0.1) is 0 Å². The van der Waals surface area contributed by atoms with Gasteiger partial charge in [-0.3, -0.25) is 0 Å². The second kappa shape index (κ2) is 10.5. The van der Waals surface area contributed by atoms with Crippen molar-refractivity contribution >= 4 is 0 Å².